The van der Waals surface area contributed by atoms with Gasteiger partial charge in [-0.05, 0) is 37.5 Å². The summed E-state index contributed by atoms with van der Waals surface area (Å²) in [5.41, 5.74) is 8.87. The molecule has 0 fully saturated rings. The predicted molar refractivity (Wildman–Crippen MR) is 69.6 cm³/mol. The fraction of sp³-hybridized carbons (Fsp3) is 0.538. The summed E-state index contributed by atoms with van der Waals surface area (Å²) < 4.78 is 0. The minimum Gasteiger partial charge on any atom is -0.398 e. The molecule has 90 valence electrons. The van der Waals surface area contributed by atoms with Crippen LogP contribution in [0.15, 0.2) is 18.2 Å². The van der Waals surface area contributed by atoms with Crippen molar-refractivity contribution in [1.29, 1.82) is 0 Å². The van der Waals surface area contributed by atoms with E-state index in [9.17, 15) is 0 Å². The van der Waals surface area contributed by atoms with Crippen molar-refractivity contribution < 1.29 is 5.11 Å². The summed E-state index contributed by atoms with van der Waals surface area (Å²) in [7, 11) is 0. The Balaban J connectivity index is 2.19. The number of hydrogen-bond donors (Lipinski definition) is 3. The van der Waals surface area contributed by atoms with Crippen molar-refractivity contribution in [3.05, 3.63) is 23.8 Å². The lowest BCUT2D eigenvalue weighted by Gasteiger charge is -2.08. The van der Waals surface area contributed by atoms with E-state index in [2.05, 4.69) is 11.4 Å². The van der Waals surface area contributed by atoms with Gasteiger partial charge in [-0.25, -0.2) is 0 Å². The second kappa shape index (κ2) is 7.12. The number of nitrogens with two attached hydrogens (primary N) is 1. The Hall–Kier alpha value is -1.22. The molecule has 0 saturated heterocycles. The number of nitrogens with one attached hydrogen (secondary N) is 1. The number of rotatable bonds is 7. The van der Waals surface area contributed by atoms with E-state index in [1.807, 2.05) is 19.1 Å². The number of nitrogen functional groups attached to an aromatic ring is 1. The highest BCUT2D eigenvalue weighted by Crippen LogP contribution is 2.16. The number of aliphatic hydroxyl groups excluding tert-OH is 1. The van der Waals surface area contributed by atoms with Crippen LogP contribution < -0.4 is 11.1 Å². The van der Waals surface area contributed by atoms with Crippen LogP contribution in [-0.4, -0.2) is 18.3 Å². The maximum absolute atomic E-state index is 8.63. The lowest BCUT2D eigenvalue weighted by molar-refractivity contribution is 0.283. The predicted octanol–water partition coefficient (Wildman–Crippen LogP) is 2.54. The van der Waals surface area contributed by atoms with Crippen LogP contribution in [0, 0.1) is 6.92 Å². The van der Waals surface area contributed by atoms with Crippen molar-refractivity contribution in [2.24, 2.45) is 0 Å². The Morgan fingerprint density at radius 3 is 2.62 bits per heavy atom. The third-order valence-corrected chi connectivity index (χ3v) is 2.69. The first kappa shape index (κ1) is 12.8. The molecule has 0 unspecified atom stereocenters. The topological polar surface area (TPSA) is 58.3 Å². The second-order valence-electron chi connectivity index (χ2n) is 4.14. The summed E-state index contributed by atoms with van der Waals surface area (Å²) in [6, 6.07) is 6.06. The van der Waals surface area contributed by atoms with E-state index in [1.165, 1.54) is 0 Å². The molecule has 3 heteroatoms. The van der Waals surface area contributed by atoms with Gasteiger partial charge < -0.3 is 16.2 Å². The van der Waals surface area contributed by atoms with Crippen molar-refractivity contribution in [2.75, 3.05) is 24.2 Å². The van der Waals surface area contributed by atoms with Crippen molar-refractivity contribution in [3.8, 4) is 0 Å². The molecule has 0 aliphatic rings. The van der Waals surface area contributed by atoms with Gasteiger partial charge in [0.15, 0.2) is 0 Å². The zero-order valence-electron chi connectivity index (χ0n) is 10.00. The first-order valence-electron chi connectivity index (χ1n) is 5.95. The lowest BCUT2D eigenvalue weighted by Crippen LogP contribution is -2.02. The van der Waals surface area contributed by atoms with E-state index in [0.717, 1.165) is 49.2 Å². The van der Waals surface area contributed by atoms with Crippen LogP contribution in [0.4, 0.5) is 11.4 Å². The van der Waals surface area contributed by atoms with E-state index in [4.69, 9.17) is 10.8 Å². The van der Waals surface area contributed by atoms with Gasteiger partial charge in [-0.1, -0.05) is 18.9 Å². The molecule has 0 atom stereocenters. The minimum absolute atomic E-state index is 0.307. The summed E-state index contributed by atoms with van der Waals surface area (Å²) in [6.45, 7) is 3.28. The molecule has 1 aromatic carbocycles. The Morgan fingerprint density at radius 1 is 1.19 bits per heavy atom. The van der Waals surface area contributed by atoms with Crippen LogP contribution in [0.2, 0.25) is 0 Å². The van der Waals surface area contributed by atoms with Crippen molar-refractivity contribution in [1.82, 2.24) is 0 Å². The van der Waals surface area contributed by atoms with Crippen molar-refractivity contribution in [2.45, 2.75) is 32.6 Å². The van der Waals surface area contributed by atoms with Crippen LogP contribution in [0.5, 0.6) is 0 Å². The molecular weight excluding hydrogens is 200 g/mol. The van der Waals surface area contributed by atoms with E-state index in [1.54, 1.807) is 0 Å². The Labute approximate surface area is 97.7 Å². The van der Waals surface area contributed by atoms with Gasteiger partial charge in [0.1, 0.15) is 0 Å². The molecule has 0 bridgehead atoms. The number of hydrogen-bond acceptors (Lipinski definition) is 3. The highest BCUT2D eigenvalue weighted by Gasteiger charge is 1.96. The summed E-state index contributed by atoms with van der Waals surface area (Å²) in [4.78, 5) is 0. The van der Waals surface area contributed by atoms with E-state index in [0.29, 0.717) is 6.61 Å². The molecule has 0 radical (unpaired) electrons. The molecule has 0 spiro atoms. The third kappa shape index (κ3) is 4.53. The number of aryl methyl sites for hydroxylation is 1. The molecule has 0 saturated carbocycles. The molecule has 3 nitrogen and oxygen atoms in total. The van der Waals surface area contributed by atoms with Gasteiger partial charge in [-0.3, -0.25) is 0 Å². The zero-order chi connectivity index (χ0) is 11.8. The molecule has 0 amide bonds. The highest BCUT2D eigenvalue weighted by atomic mass is 16.2. The van der Waals surface area contributed by atoms with Crippen LogP contribution in [0.3, 0.4) is 0 Å². The SMILES string of the molecule is Cc1ccc(NCCCCCCO)cc1N. The van der Waals surface area contributed by atoms with Gasteiger partial charge >= 0.3 is 0 Å². The number of anilines is 2. The van der Waals surface area contributed by atoms with Gasteiger partial charge in [0.2, 0.25) is 0 Å². The third-order valence-electron chi connectivity index (χ3n) is 2.69. The standard InChI is InChI=1S/C13H22N2O/c1-11-6-7-12(10-13(11)14)15-8-4-2-3-5-9-16/h6-7,10,15-16H,2-5,8-9,14H2,1H3. The summed E-state index contributed by atoms with van der Waals surface area (Å²) in [5, 5.41) is 12.0. The normalized spacial score (nSPS) is 10.4. The van der Waals surface area contributed by atoms with Crippen LogP contribution in [0.1, 0.15) is 31.2 Å². The van der Waals surface area contributed by atoms with Gasteiger partial charge in [0, 0.05) is 24.5 Å². The summed E-state index contributed by atoms with van der Waals surface area (Å²) >= 11 is 0. The molecule has 1 aromatic rings. The van der Waals surface area contributed by atoms with Crippen molar-refractivity contribution in [3.63, 3.8) is 0 Å². The smallest absolute Gasteiger partial charge is 0.0431 e. The van der Waals surface area contributed by atoms with Gasteiger partial charge in [-0.15, -0.1) is 0 Å². The molecule has 0 aliphatic heterocycles. The number of benzene rings is 1. The first-order valence-corrected chi connectivity index (χ1v) is 5.95. The van der Waals surface area contributed by atoms with Gasteiger partial charge in [-0.2, -0.15) is 0 Å². The molecule has 0 aliphatic carbocycles. The lowest BCUT2D eigenvalue weighted by atomic mass is 10.1. The second-order valence-corrected chi connectivity index (χ2v) is 4.14. The molecule has 1 rings (SSSR count). The molecular formula is C13H22N2O. The maximum Gasteiger partial charge on any atom is 0.0431 e. The van der Waals surface area contributed by atoms with Crippen LogP contribution in [-0.2, 0) is 0 Å². The average Bonchev–Trinajstić information content (AvgIpc) is 2.28. The fourth-order valence-electron chi connectivity index (χ4n) is 1.57. The molecule has 0 aromatic heterocycles. The molecule has 16 heavy (non-hydrogen) atoms. The summed E-state index contributed by atoms with van der Waals surface area (Å²) in [5.74, 6) is 0. The molecule has 4 N–H and O–H groups in total. The first-order chi connectivity index (χ1) is 7.74. The minimum atomic E-state index is 0.307. The Morgan fingerprint density at radius 2 is 1.94 bits per heavy atom. The average molecular weight is 222 g/mol. The van der Waals surface area contributed by atoms with Crippen LogP contribution >= 0.6 is 0 Å². The zero-order valence-corrected chi connectivity index (χ0v) is 10.00. The van der Waals surface area contributed by atoms with Crippen LogP contribution in [0.25, 0.3) is 0 Å². The van der Waals surface area contributed by atoms with E-state index >= 15 is 0 Å². The van der Waals surface area contributed by atoms with Crippen molar-refractivity contribution >= 4 is 11.4 Å². The summed E-state index contributed by atoms with van der Waals surface area (Å²) in [6.07, 6.45) is 4.31. The van der Waals surface area contributed by atoms with Gasteiger partial charge in [0.25, 0.3) is 0 Å². The highest BCUT2D eigenvalue weighted by molar-refractivity contribution is 5.58. The Bertz CT molecular complexity index is 313. The maximum atomic E-state index is 8.63. The van der Waals surface area contributed by atoms with E-state index < -0.39 is 0 Å². The monoisotopic (exact) mass is 222 g/mol. The largest absolute Gasteiger partial charge is 0.398 e. The van der Waals surface area contributed by atoms with E-state index in [-0.39, 0.29) is 0 Å². The fourth-order valence-corrected chi connectivity index (χ4v) is 1.57. The number of unbranched alkanes of at least 4 members (excludes halogenated alkanes) is 3. The number of aliphatic hydroxyl groups is 1. The quantitative estimate of drug-likeness (QED) is 0.491. The van der Waals surface area contributed by atoms with Gasteiger partial charge in [0.05, 0.1) is 0 Å². The Kier molecular flexibility index (Phi) is 5.72. The molecule has 0 heterocycles.